The average Bonchev–Trinajstić information content (AvgIpc) is 3.35. The van der Waals surface area contributed by atoms with Crippen molar-refractivity contribution in [2.45, 2.75) is 38.1 Å². The maximum absolute atomic E-state index is 13.0. The summed E-state index contributed by atoms with van der Waals surface area (Å²) in [4.78, 5) is 33.2. The van der Waals surface area contributed by atoms with Crippen LogP contribution in [0.15, 0.2) is 59.1 Å². The van der Waals surface area contributed by atoms with Crippen LogP contribution in [0.25, 0.3) is 11.4 Å². The summed E-state index contributed by atoms with van der Waals surface area (Å²) >= 11 is 0. The third-order valence-electron chi connectivity index (χ3n) is 6.53. The van der Waals surface area contributed by atoms with Crippen LogP contribution >= 0.6 is 0 Å². The molecular weight excluding hydrogens is 418 g/mol. The SMILES string of the molecule is CC(=O)N1CCC(NC(=O)N2CCC(c3nc(-c4ccccc4)no3)CC2)c2ccccc21. The maximum atomic E-state index is 13.0. The second kappa shape index (κ2) is 9.05. The molecule has 0 spiro atoms. The highest BCUT2D eigenvalue weighted by Crippen LogP contribution is 2.34. The van der Waals surface area contributed by atoms with Gasteiger partial charge in [0.1, 0.15) is 0 Å². The number of carbonyl (C=O) groups is 2. The zero-order chi connectivity index (χ0) is 22.8. The Labute approximate surface area is 192 Å². The first-order valence-electron chi connectivity index (χ1n) is 11.4. The summed E-state index contributed by atoms with van der Waals surface area (Å²) in [6, 6.07) is 17.4. The average molecular weight is 446 g/mol. The first-order chi connectivity index (χ1) is 16.1. The van der Waals surface area contributed by atoms with E-state index in [0.717, 1.165) is 29.7 Å². The number of aromatic nitrogens is 2. The molecule has 1 N–H and O–H groups in total. The number of anilines is 1. The molecule has 33 heavy (non-hydrogen) atoms. The Kier molecular flexibility index (Phi) is 5.81. The fourth-order valence-corrected chi connectivity index (χ4v) is 4.71. The van der Waals surface area contributed by atoms with Gasteiger partial charge in [0.05, 0.1) is 6.04 Å². The number of nitrogens with one attached hydrogen (secondary N) is 1. The van der Waals surface area contributed by atoms with E-state index in [0.29, 0.717) is 37.8 Å². The van der Waals surface area contributed by atoms with Crippen LogP contribution in [0.2, 0.25) is 0 Å². The van der Waals surface area contributed by atoms with Gasteiger partial charge in [-0.05, 0) is 30.9 Å². The van der Waals surface area contributed by atoms with Gasteiger partial charge in [-0.25, -0.2) is 4.79 Å². The van der Waals surface area contributed by atoms with Gasteiger partial charge in [-0.3, -0.25) is 4.79 Å². The number of amides is 3. The highest BCUT2D eigenvalue weighted by Gasteiger charge is 2.31. The summed E-state index contributed by atoms with van der Waals surface area (Å²) in [5.41, 5.74) is 2.80. The van der Waals surface area contributed by atoms with E-state index in [2.05, 4.69) is 15.5 Å². The van der Waals surface area contributed by atoms with Gasteiger partial charge < -0.3 is 19.6 Å². The molecule has 0 radical (unpaired) electrons. The molecule has 1 aromatic heterocycles. The van der Waals surface area contributed by atoms with Crippen LogP contribution in [0.5, 0.6) is 0 Å². The van der Waals surface area contributed by atoms with Crippen LogP contribution in [0, 0.1) is 0 Å². The van der Waals surface area contributed by atoms with E-state index in [-0.39, 0.29) is 23.9 Å². The summed E-state index contributed by atoms with van der Waals surface area (Å²) in [5, 5.41) is 7.31. The fraction of sp³-hybridized carbons (Fsp3) is 0.360. The highest BCUT2D eigenvalue weighted by molar-refractivity contribution is 5.93. The number of rotatable bonds is 3. The van der Waals surface area contributed by atoms with Crippen LogP contribution in [-0.2, 0) is 4.79 Å². The molecule has 170 valence electrons. The summed E-state index contributed by atoms with van der Waals surface area (Å²) in [6.07, 6.45) is 2.26. The van der Waals surface area contributed by atoms with Gasteiger partial charge in [-0.2, -0.15) is 4.98 Å². The molecule has 2 aromatic carbocycles. The number of nitrogens with zero attached hydrogens (tertiary/aromatic N) is 4. The monoisotopic (exact) mass is 445 g/mol. The molecule has 2 aliphatic heterocycles. The van der Waals surface area contributed by atoms with Crippen LogP contribution < -0.4 is 10.2 Å². The predicted octanol–water partition coefficient (Wildman–Crippen LogP) is 4.12. The van der Waals surface area contributed by atoms with Gasteiger partial charge in [0.15, 0.2) is 0 Å². The van der Waals surface area contributed by atoms with Gasteiger partial charge in [-0.15, -0.1) is 0 Å². The second-order valence-corrected chi connectivity index (χ2v) is 8.60. The van der Waals surface area contributed by atoms with Crippen molar-refractivity contribution in [3.63, 3.8) is 0 Å². The molecule has 1 saturated heterocycles. The van der Waals surface area contributed by atoms with E-state index >= 15 is 0 Å². The Morgan fingerprint density at radius 1 is 0.970 bits per heavy atom. The van der Waals surface area contributed by atoms with E-state index in [1.807, 2.05) is 59.5 Å². The van der Waals surface area contributed by atoms with Crippen molar-refractivity contribution in [2.24, 2.45) is 0 Å². The standard InChI is InChI=1S/C25H27N5O3/c1-17(31)30-16-13-21(20-9-5-6-10-22(20)30)26-25(32)29-14-11-19(12-15-29)24-27-23(28-33-24)18-7-3-2-4-8-18/h2-10,19,21H,11-16H2,1H3,(H,26,32). The molecule has 8 heteroatoms. The van der Waals surface area contributed by atoms with Gasteiger partial charge in [-0.1, -0.05) is 53.7 Å². The number of fused-ring (bicyclic) bond motifs is 1. The second-order valence-electron chi connectivity index (χ2n) is 8.60. The maximum Gasteiger partial charge on any atom is 0.317 e. The summed E-state index contributed by atoms with van der Waals surface area (Å²) in [6.45, 7) is 3.44. The number of para-hydroxylation sites is 1. The molecule has 3 heterocycles. The molecule has 2 aliphatic rings. The number of hydrogen-bond acceptors (Lipinski definition) is 5. The summed E-state index contributed by atoms with van der Waals surface area (Å²) in [7, 11) is 0. The molecule has 1 unspecified atom stereocenters. The van der Waals surface area contributed by atoms with E-state index in [4.69, 9.17) is 4.52 Å². The van der Waals surface area contributed by atoms with Gasteiger partial charge in [0, 0.05) is 43.7 Å². The van der Waals surface area contributed by atoms with Crippen molar-refractivity contribution in [1.82, 2.24) is 20.4 Å². The Morgan fingerprint density at radius 2 is 1.70 bits per heavy atom. The molecule has 1 fully saturated rings. The minimum Gasteiger partial charge on any atom is -0.339 e. The normalized spacial score (nSPS) is 18.6. The van der Waals surface area contributed by atoms with Crippen LogP contribution in [0.1, 0.15) is 49.6 Å². The Balaban J connectivity index is 1.20. The van der Waals surface area contributed by atoms with E-state index < -0.39 is 0 Å². The van der Waals surface area contributed by atoms with Crippen LogP contribution in [0.4, 0.5) is 10.5 Å². The molecule has 0 bridgehead atoms. The lowest BCUT2D eigenvalue weighted by molar-refractivity contribution is -0.116. The lowest BCUT2D eigenvalue weighted by Crippen LogP contribution is -2.47. The van der Waals surface area contributed by atoms with Crippen LogP contribution in [0.3, 0.4) is 0 Å². The molecule has 3 amide bonds. The van der Waals surface area contributed by atoms with Crippen molar-refractivity contribution in [1.29, 1.82) is 0 Å². The zero-order valence-electron chi connectivity index (χ0n) is 18.6. The van der Waals surface area contributed by atoms with E-state index in [1.54, 1.807) is 11.8 Å². The van der Waals surface area contributed by atoms with Gasteiger partial charge in [0.25, 0.3) is 0 Å². The first-order valence-corrected chi connectivity index (χ1v) is 11.4. The lowest BCUT2D eigenvalue weighted by Gasteiger charge is -2.36. The third-order valence-corrected chi connectivity index (χ3v) is 6.53. The number of piperidine rings is 1. The van der Waals surface area contributed by atoms with Crippen molar-refractivity contribution in [3.8, 4) is 11.4 Å². The lowest BCUT2D eigenvalue weighted by atomic mass is 9.95. The van der Waals surface area contributed by atoms with Crippen molar-refractivity contribution < 1.29 is 14.1 Å². The van der Waals surface area contributed by atoms with Crippen molar-refractivity contribution >= 4 is 17.6 Å². The predicted molar refractivity (Wildman–Crippen MR) is 124 cm³/mol. The topological polar surface area (TPSA) is 91.6 Å². The zero-order valence-corrected chi connectivity index (χ0v) is 18.6. The fourth-order valence-electron chi connectivity index (χ4n) is 4.71. The molecule has 5 rings (SSSR count). The van der Waals surface area contributed by atoms with E-state index in [1.165, 1.54) is 0 Å². The van der Waals surface area contributed by atoms with Crippen molar-refractivity contribution in [3.05, 3.63) is 66.1 Å². The van der Waals surface area contributed by atoms with Crippen molar-refractivity contribution in [2.75, 3.05) is 24.5 Å². The Bertz CT molecular complexity index is 1140. The third kappa shape index (κ3) is 4.33. The van der Waals surface area contributed by atoms with Gasteiger partial charge in [0.2, 0.25) is 17.6 Å². The Hall–Kier alpha value is -3.68. The number of urea groups is 1. The smallest absolute Gasteiger partial charge is 0.317 e. The van der Waals surface area contributed by atoms with Crippen LogP contribution in [-0.4, -0.2) is 46.6 Å². The van der Waals surface area contributed by atoms with E-state index in [9.17, 15) is 9.59 Å². The molecular formula is C25H27N5O3. The molecule has 1 atom stereocenters. The quantitative estimate of drug-likeness (QED) is 0.655. The molecule has 0 aliphatic carbocycles. The number of hydrogen-bond donors (Lipinski definition) is 1. The first kappa shape index (κ1) is 21.2. The molecule has 3 aromatic rings. The number of carbonyl (C=O) groups excluding carboxylic acids is 2. The summed E-state index contributed by atoms with van der Waals surface area (Å²) in [5.74, 6) is 1.41. The Morgan fingerprint density at radius 3 is 2.45 bits per heavy atom. The highest BCUT2D eigenvalue weighted by atomic mass is 16.5. The molecule has 0 saturated carbocycles. The largest absolute Gasteiger partial charge is 0.339 e. The minimum atomic E-state index is -0.105. The number of benzene rings is 2. The minimum absolute atomic E-state index is 0.0192. The number of likely N-dealkylation sites (tertiary alicyclic amines) is 1. The molecule has 8 nitrogen and oxygen atoms in total. The van der Waals surface area contributed by atoms with Gasteiger partial charge >= 0.3 is 6.03 Å². The summed E-state index contributed by atoms with van der Waals surface area (Å²) < 4.78 is 5.53.